The number of hydrogen-bond donors (Lipinski definition) is 1. The summed E-state index contributed by atoms with van der Waals surface area (Å²) in [6.45, 7) is 4.89. The molecular weight excluding hydrogens is 293 g/mol. The van der Waals surface area contributed by atoms with E-state index in [1.807, 2.05) is 0 Å². The second kappa shape index (κ2) is 6.72. The first-order chi connectivity index (χ1) is 9.99. The molecule has 0 atom stereocenters. The quantitative estimate of drug-likeness (QED) is 0.919. The van der Waals surface area contributed by atoms with E-state index in [2.05, 4.69) is 24.1 Å². The van der Waals surface area contributed by atoms with Crippen molar-refractivity contribution in [2.75, 3.05) is 11.9 Å². The molecule has 2 aromatic rings. The molecule has 0 saturated heterocycles. The summed E-state index contributed by atoms with van der Waals surface area (Å²) >= 11 is 5.75. The van der Waals surface area contributed by atoms with Crippen LogP contribution in [-0.4, -0.2) is 16.1 Å². The number of benzene rings is 1. The number of rotatable bonds is 5. The molecular formula is C15H17ClFN3O. The van der Waals surface area contributed by atoms with Crippen molar-refractivity contribution in [1.82, 2.24) is 9.55 Å². The van der Waals surface area contributed by atoms with Crippen LogP contribution < -0.4 is 10.9 Å². The van der Waals surface area contributed by atoms with Crippen LogP contribution in [0.5, 0.6) is 0 Å². The molecule has 2 rings (SSSR count). The average Bonchev–Trinajstić information content (AvgIpc) is 2.43. The number of halogens is 2. The molecule has 0 aliphatic carbocycles. The van der Waals surface area contributed by atoms with Crippen molar-refractivity contribution >= 4 is 17.4 Å². The number of nitrogens with zero attached hydrogens (tertiary/aromatic N) is 2. The fourth-order valence-electron chi connectivity index (χ4n) is 1.85. The summed E-state index contributed by atoms with van der Waals surface area (Å²) < 4.78 is 14.6. The van der Waals surface area contributed by atoms with E-state index in [1.54, 1.807) is 0 Å². The van der Waals surface area contributed by atoms with Crippen LogP contribution in [0.25, 0.3) is 5.69 Å². The van der Waals surface area contributed by atoms with Gasteiger partial charge in [0, 0.05) is 18.9 Å². The third-order valence-corrected chi connectivity index (χ3v) is 3.33. The fourth-order valence-corrected chi connectivity index (χ4v) is 2.03. The maximum absolute atomic E-state index is 13.2. The molecule has 0 bridgehead atoms. The Morgan fingerprint density at radius 2 is 2.19 bits per heavy atom. The second-order valence-corrected chi connectivity index (χ2v) is 5.57. The molecule has 0 radical (unpaired) electrons. The molecule has 1 heterocycles. The van der Waals surface area contributed by atoms with Crippen molar-refractivity contribution in [2.45, 2.75) is 20.3 Å². The Balaban J connectivity index is 2.29. The molecule has 4 nitrogen and oxygen atoms in total. The summed E-state index contributed by atoms with van der Waals surface area (Å²) in [5.41, 5.74) is 0.213. The van der Waals surface area contributed by atoms with Gasteiger partial charge in [-0.15, -0.1) is 0 Å². The lowest BCUT2D eigenvalue weighted by Gasteiger charge is -2.10. The maximum Gasteiger partial charge on any atom is 0.297 e. The topological polar surface area (TPSA) is 46.9 Å². The molecule has 1 N–H and O–H groups in total. The molecule has 1 aromatic heterocycles. The largest absolute Gasteiger partial charge is 0.365 e. The van der Waals surface area contributed by atoms with Gasteiger partial charge < -0.3 is 5.32 Å². The van der Waals surface area contributed by atoms with Gasteiger partial charge in [0.05, 0.1) is 10.7 Å². The normalized spacial score (nSPS) is 10.9. The summed E-state index contributed by atoms with van der Waals surface area (Å²) in [5.74, 6) is 0.302. The summed E-state index contributed by atoms with van der Waals surface area (Å²) in [4.78, 5) is 16.4. The van der Waals surface area contributed by atoms with Gasteiger partial charge in [-0.05, 0) is 30.5 Å². The van der Waals surface area contributed by atoms with Crippen molar-refractivity contribution in [3.8, 4) is 5.69 Å². The van der Waals surface area contributed by atoms with Gasteiger partial charge in [0.25, 0.3) is 5.56 Å². The molecule has 0 aliphatic rings. The Morgan fingerprint density at radius 1 is 1.43 bits per heavy atom. The van der Waals surface area contributed by atoms with Crippen LogP contribution in [0.1, 0.15) is 20.3 Å². The van der Waals surface area contributed by atoms with Crippen molar-refractivity contribution < 1.29 is 4.39 Å². The van der Waals surface area contributed by atoms with Crippen LogP contribution in [0.4, 0.5) is 10.2 Å². The Hall–Kier alpha value is -1.88. The molecule has 0 saturated carbocycles. The second-order valence-electron chi connectivity index (χ2n) is 5.16. The van der Waals surface area contributed by atoms with Gasteiger partial charge >= 0.3 is 0 Å². The lowest BCUT2D eigenvalue weighted by Crippen LogP contribution is -2.23. The highest BCUT2D eigenvalue weighted by Gasteiger charge is 2.08. The molecule has 21 heavy (non-hydrogen) atoms. The van der Waals surface area contributed by atoms with Gasteiger partial charge in [-0.25, -0.2) is 9.37 Å². The summed E-state index contributed by atoms with van der Waals surface area (Å²) in [6.07, 6.45) is 3.99. The molecule has 0 amide bonds. The van der Waals surface area contributed by atoms with Gasteiger partial charge in [-0.3, -0.25) is 9.36 Å². The summed E-state index contributed by atoms with van der Waals surface area (Å²) in [7, 11) is 0. The molecule has 0 aliphatic heterocycles. The van der Waals surface area contributed by atoms with Crippen LogP contribution in [0.2, 0.25) is 5.02 Å². The third-order valence-electron chi connectivity index (χ3n) is 3.04. The van der Waals surface area contributed by atoms with E-state index >= 15 is 0 Å². The lowest BCUT2D eigenvalue weighted by molar-refractivity contribution is 0.606. The maximum atomic E-state index is 13.2. The van der Waals surface area contributed by atoms with E-state index in [0.29, 0.717) is 18.2 Å². The van der Waals surface area contributed by atoms with E-state index in [9.17, 15) is 9.18 Å². The van der Waals surface area contributed by atoms with E-state index in [-0.39, 0.29) is 16.4 Å². The summed E-state index contributed by atoms with van der Waals surface area (Å²) in [5, 5.41) is 3.01. The van der Waals surface area contributed by atoms with Crippen molar-refractivity contribution in [2.24, 2.45) is 5.92 Å². The minimum absolute atomic E-state index is 0.0227. The van der Waals surface area contributed by atoms with E-state index in [0.717, 1.165) is 6.42 Å². The first-order valence-electron chi connectivity index (χ1n) is 6.76. The van der Waals surface area contributed by atoms with Gasteiger partial charge in [0.1, 0.15) is 5.82 Å². The Morgan fingerprint density at radius 3 is 2.86 bits per heavy atom. The molecule has 1 aromatic carbocycles. The number of aromatic nitrogens is 2. The predicted octanol–water partition coefficient (Wildman–Crippen LogP) is 3.48. The fraction of sp³-hybridized carbons (Fsp3) is 0.333. The standard InChI is InChI=1S/C15H17ClFN3O/c1-10(2)5-6-18-14-15(21)20(8-7-19-14)11-3-4-13(17)12(16)9-11/h3-4,7-10H,5-6H2,1-2H3,(H,18,19). The van der Waals surface area contributed by atoms with Crippen LogP contribution in [0.15, 0.2) is 35.4 Å². The minimum Gasteiger partial charge on any atom is -0.365 e. The smallest absolute Gasteiger partial charge is 0.297 e. The Bertz CT molecular complexity index is 685. The van der Waals surface area contributed by atoms with E-state index in [1.165, 1.54) is 35.2 Å². The zero-order valence-electron chi connectivity index (χ0n) is 11.9. The molecule has 0 unspecified atom stereocenters. The first-order valence-corrected chi connectivity index (χ1v) is 7.14. The van der Waals surface area contributed by atoms with Gasteiger partial charge in [-0.1, -0.05) is 25.4 Å². The highest BCUT2D eigenvalue weighted by Crippen LogP contribution is 2.18. The van der Waals surface area contributed by atoms with Crippen molar-refractivity contribution in [3.63, 3.8) is 0 Å². The van der Waals surface area contributed by atoms with Gasteiger partial charge in [-0.2, -0.15) is 0 Å². The Labute approximate surface area is 127 Å². The van der Waals surface area contributed by atoms with Crippen molar-refractivity contribution in [3.05, 3.63) is 51.8 Å². The zero-order valence-corrected chi connectivity index (χ0v) is 12.7. The highest BCUT2D eigenvalue weighted by atomic mass is 35.5. The predicted molar refractivity (Wildman–Crippen MR) is 82.7 cm³/mol. The lowest BCUT2D eigenvalue weighted by atomic mass is 10.1. The zero-order chi connectivity index (χ0) is 15.4. The number of anilines is 1. The Kier molecular flexibility index (Phi) is 4.96. The third kappa shape index (κ3) is 3.82. The monoisotopic (exact) mass is 309 g/mol. The van der Waals surface area contributed by atoms with Crippen molar-refractivity contribution in [1.29, 1.82) is 0 Å². The van der Waals surface area contributed by atoms with E-state index in [4.69, 9.17) is 11.6 Å². The van der Waals surface area contributed by atoms with Crippen LogP contribution in [0, 0.1) is 11.7 Å². The molecule has 0 spiro atoms. The molecule has 0 fully saturated rings. The molecule has 6 heteroatoms. The van der Waals surface area contributed by atoms with E-state index < -0.39 is 5.82 Å². The van der Waals surface area contributed by atoms with Gasteiger partial charge in [0.2, 0.25) is 0 Å². The number of hydrogen-bond acceptors (Lipinski definition) is 3. The van der Waals surface area contributed by atoms with Crippen LogP contribution in [-0.2, 0) is 0 Å². The highest BCUT2D eigenvalue weighted by molar-refractivity contribution is 6.30. The summed E-state index contributed by atoms with van der Waals surface area (Å²) in [6, 6.07) is 4.15. The van der Waals surface area contributed by atoms with Crippen LogP contribution in [0.3, 0.4) is 0 Å². The van der Waals surface area contributed by atoms with Gasteiger partial charge in [0.15, 0.2) is 5.82 Å². The molecule has 112 valence electrons. The number of nitrogens with one attached hydrogen (secondary N) is 1. The average molecular weight is 310 g/mol. The SMILES string of the molecule is CC(C)CCNc1nccn(-c2ccc(F)c(Cl)c2)c1=O. The first kappa shape index (κ1) is 15.5. The minimum atomic E-state index is -0.516. The van der Waals surface area contributed by atoms with Crippen LogP contribution >= 0.6 is 11.6 Å².